The monoisotopic (exact) mass is 615 g/mol. The zero-order chi connectivity index (χ0) is 30.6. The molecule has 1 aliphatic heterocycles. The van der Waals surface area contributed by atoms with Crippen LogP contribution in [-0.2, 0) is 24.8 Å². The van der Waals surface area contributed by atoms with Crippen molar-refractivity contribution in [3.05, 3.63) is 39.6 Å². The summed E-state index contributed by atoms with van der Waals surface area (Å²) in [5, 5.41) is 34.0. The average Bonchev–Trinajstić information content (AvgIpc) is 3.79. The molecule has 1 spiro atoms. The SMILES string of the molecule is C[C@H](O)Cn1ncc(-c2cc(O[C@@H](C)[C@@H]3CCCN3C)nc(-c3noc4c3CCC[C@@]43CCCc4sc(N)c(C#N)c43)n2)n1. The molecular formula is C31H37N9O3S. The predicted octanol–water partition coefficient (Wildman–Crippen LogP) is 4.11. The number of nitrogens with zero attached hydrogens (tertiary/aromatic N) is 8. The molecule has 0 bridgehead atoms. The molecule has 0 aromatic carbocycles. The van der Waals surface area contributed by atoms with Crippen LogP contribution in [0.25, 0.3) is 22.9 Å². The van der Waals surface area contributed by atoms with Crippen LogP contribution in [0, 0.1) is 11.3 Å². The number of likely N-dealkylation sites (tertiary alicyclic amines) is 1. The summed E-state index contributed by atoms with van der Waals surface area (Å²) in [5.41, 5.74) is 10.2. The number of thiophene rings is 1. The minimum absolute atomic E-state index is 0.0902. The van der Waals surface area contributed by atoms with Gasteiger partial charge in [0.15, 0.2) is 17.3 Å². The Hall–Kier alpha value is -3.86. The highest BCUT2D eigenvalue weighted by Gasteiger charge is 2.48. The largest absolute Gasteiger partial charge is 0.473 e. The van der Waals surface area contributed by atoms with Crippen LogP contribution in [0.2, 0.25) is 0 Å². The lowest BCUT2D eigenvalue weighted by atomic mass is 9.63. The minimum atomic E-state index is -0.589. The van der Waals surface area contributed by atoms with Gasteiger partial charge in [-0.05, 0) is 84.4 Å². The van der Waals surface area contributed by atoms with Crippen molar-refractivity contribution in [2.75, 3.05) is 19.3 Å². The number of likely N-dealkylation sites (N-methyl/N-ethyl adjacent to an activating group) is 1. The topological polar surface area (TPSA) is 165 Å². The zero-order valence-corrected chi connectivity index (χ0v) is 26.1. The van der Waals surface area contributed by atoms with Gasteiger partial charge in [-0.1, -0.05) is 5.16 Å². The molecule has 0 amide bonds. The van der Waals surface area contributed by atoms with Gasteiger partial charge >= 0.3 is 0 Å². The maximum atomic E-state index is 10.1. The number of aryl methyl sites for hydroxylation is 1. The molecule has 7 rings (SSSR count). The fourth-order valence-electron chi connectivity index (χ4n) is 7.48. The molecule has 0 saturated carbocycles. The predicted molar refractivity (Wildman–Crippen MR) is 164 cm³/mol. The van der Waals surface area contributed by atoms with Crippen molar-refractivity contribution in [2.24, 2.45) is 0 Å². The fraction of sp³-hybridized carbons (Fsp3) is 0.548. The smallest absolute Gasteiger partial charge is 0.217 e. The number of aliphatic hydroxyl groups excluding tert-OH is 1. The van der Waals surface area contributed by atoms with E-state index in [-0.39, 0.29) is 18.7 Å². The van der Waals surface area contributed by atoms with E-state index in [1.807, 2.05) is 0 Å². The van der Waals surface area contributed by atoms with E-state index in [1.165, 1.54) is 21.0 Å². The molecule has 1 saturated heterocycles. The molecule has 0 unspecified atom stereocenters. The highest BCUT2D eigenvalue weighted by Crippen LogP contribution is 2.55. The molecule has 44 heavy (non-hydrogen) atoms. The number of anilines is 1. The number of nitriles is 1. The Balaban J connectivity index is 1.32. The van der Waals surface area contributed by atoms with Crippen molar-refractivity contribution in [1.29, 1.82) is 5.26 Å². The van der Waals surface area contributed by atoms with E-state index in [4.69, 9.17) is 25.0 Å². The molecule has 2 aliphatic carbocycles. The third kappa shape index (κ3) is 4.85. The number of nitrogen functional groups attached to an aromatic ring is 1. The van der Waals surface area contributed by atoms with Crippen molar-refractivity contribution >= 4 is 16.3 Å². The lowest BCUT2D eigenvalue weighted by molar-refractivity contribution is 0.117. The minimum Gasteiger partial charge on any atom is -0.473 e. The molecule has 12 nitrogen and oxygen atoms in total. The van der Waals surface area contributed by atoms with Crippen LogP contribution in [0.4, 0.5) is 5.00 Å². The Morgan fingerprint density at radius 3 is 2.80 bits per heavy atom. The van der Waals surface area contributed by atoms with Crippen LogP contribution in [0.15, 0.2) is 16.8 Å². The maximum absolute atomic E-state index is 10.1. The van der Waals surface area contributed by atoms with E-state index in [0.29, 0.717) is 39.4 Å². The Labute approximate surface area is 259 Å². The number of aliphatic hydroxyl groups is 1. The van der Waals surface area contributed by atoms with Gasteiger partial charge in [0, 0.05) is 22.5 Å². The molecule has 230 valence electrons. The van der Waals surface area contributed by atoms with E-state index < -0.39 is 11.5 Å². The van der Waals surface area contributed by atoms with Gasteiger partial charge in [0.25, 0.3) is 0 Å². The number of rotatable bonds is 7. The Bertz CT molecular complexity index is 1730. The molecule has 13 heteroatoms. The van der Waals surface area contributed by atoms with Crippen LogP contribution in [-0.4, -0.2) is 72.0 Å². The van der Waals surface area contributed by atoms with Crippen LogP contribution in [0.3, 0.4) is 0 Å². The molecular weight excluding hydrogens is 578 g/mol. The summed E-state index contributed by atoms with van der Waals surface area (Å²) in [6.45, 7) is 5.08. The second-order valence-electron chi connectivity index (χ2n) is 12.4. The highest BCUT2D eigenvalue weighted by atomic mass is 32.1. The van der Waals surface area contributed by atoms with Gasteiger partial charge in [-0.3, -0.25) is 4.90 Å². The maximum Gasteiger partial charge on any atom is 0.217 e. The normalized spacial score (nSPS) is 22.8. The summed E-state index contributed by atoms with van der Waals surface area (Å²) in [7, 11) is 2.13. The standard InChI is InChI=1S/C31H37N9O3S/c1-17(41)16-40-34-15-22(37-40)21-13-25(42-18(2)23-8-6-12-39(23)3)36-30(35-21)27-19-7-4-10-31(28(19)43-38-27)11-5-9-24-26(31)20(14-32)29(33)44-24/h13,15,17-18,23,41H,4-12,16,33H2,1-3H3/t17-,18-,23-,31-/m0/s1. The fourth-order valence-corrected chi connectivity index (χ4v) is 8.64. The number of aromatic nitrogens is 6. The van der Waals surface area contributed by atoms with E-state index in [2.05, 4.69) is 40.3 Å². The molecule has 4 aromatic heterocycles. The number of fused-ring (bicyclic) bond motifs is 4. The van der Waals surface area contributed by atoms with Gasteiger partial charge in [-0.25, -0.2) is 4.98 Å². The number of hydrogen-bond acceptors (Lipinski definition) is 12. The molecule has 4 aromatic rings. The highest BCUT2D eigenvalue weighted by molar-refractivity contribution is 7.16. The second kappa shape index (κ2) is 11.3. The van der Waals surface area contributed by atoms with Crippen molar-refractivity contribution in [3.8, 4) is 34.9 Å². The molecule has 3 aliphatic rings. The number of ether oxygens (including phenoxy) is 1. The first kappa shape index (κ1) is 28.9. The molecule has 1 fully saturated rings. The van der Waals surface area contributed by atoms with Crippen molar-refractivity contribution in [1.82, 2.24) is 35.0 Å². The molecule has 3 N–H and O–H groups in total. The van der Waals surface area contributed by atoms with Crippen molar-refractivity contribution in [3.63, 3.8) is 0 Å². The van der Waals surface area contributed by atoms with Crippen molar-refractivity contribution in [2.45, 2.75) is 95.4 Å². The zero-order valence-electron chi connectivity index (χ0n) is 25.3. The van der Waals surface area contributed by atoms with Gasteiger partial charge in [0.1, 0.15) is 28.6 Å². The summed E-state index contributed by atoms with van der Waals surface area (Å²) < 4.78 is 12.7. The van der Waals surface area contributed by atoms with E-state index >= 15 is 0 Å². The summed E-state index contributed by atoms with van der Waals surface area (Å²) >= 11 is 1.53. The lowest BCUT2D eigenvalue weighted by Gasteiger charge is -2.39. The van der Waals surface area contributed by atoms with Crippen LogP contribution >= 0.6 is 11.3 Å². The Kier molecular flexibility index (Phi) is 7.39. The average molecular weight is 616 g/mol. The Morgan fingerprint density at radius 2 is 2.05 bits per heavy atom. The van der Waals surface area contributed by atoms with Gasteiger partial charge in [0.2, 0.25) is 5.88 Å². The van der Waals surface area contributed by atoms with Crippen LogP contribution < -0.4 is 10.5 Å². The Morgan fingerprint density at radius 1 is 1.23 bits per heavy atom. The third-order valence-electron chi connectivity index (χ3n) is 9.43. The van der Waals surface area contributed by atoms with Gasteiger partial charge in [0.05, 0.1) is 29.8 Å². The molecule has 5 heterocycles. The van der Waals surface area contributed by atoms with Crippen molar-refractivity contribution < 1.29 is 14.4 Å². The third-order valence-corrected chi connectivity index (χ3v) is 10.5. The second-order valence-corrected chi connectivity index (χ2v) is 13.6. The molecule has 0 radical (unpaired) electrons. The van der Waals surface area contributed by atoms with Crippen LogP contribution in [0.1, 0.15) is 79.7 Å². The van der Waals surface area contributed by atoms with Crippen LogP contribution in [0.5, 0.6) is 5.88 Å². The van der Waals surface area contributed by atoms with E-state index in [0.717, 1.165) is 74.8 Å². The first-order valence-electron chi connectivity index (χ1n) is 15.4. The first-order chi connectivity index (χ1) is 21.3. The number of hydrogen-bond donors (Lipinski definition) is 2. The first-order valence-corrected chi connectivity index (χ1v) is 16.2. The quantitative estimate of drug-likeness (QED) is 0.307. The summed E-state index contributed by atoms with van der Waals surface area (Å²) in [4.78, 5) is 14.7. The lowest BCUT2D eigenvalue weighted by Crippen LogP contribution is -2.38. The van der Waals surface area contributed by atoms with E-state index in [1.54, 1.807) is 19.2 Å². The summed E-state index contributed by atoms with van der Waals surface area (Å²) in [5.74, 6) is 1.63. The van der Waals surface area contributed by atoms with Gasteiger partial charge < -0.3 is 20.1 Å². The summed E-state index contributed by atoms with van der Waals surface area (Å²) in [6.07, 6.45) is 8.50. The summed E-state index contributed by atoms with van der Waals surface area (Å²) in [6, 6.07) is 4.46. The number of nitrogens with two attached hydrogens (primary N) is 1. The van der Waals surface area contributed by atoms with Gasteiger partial charge in [-0.2, -0.15) is 25.2 Å². The van der Waals surface area contributed by atoms with E-state index in [9.17, 15) is 10.4 Å². The van der Waals surface area contributed by atoms with Gasteiger partial charge in [-0.15, -0.1) is 11.3 Å². The molecule has 4 atom stereocenters.